The summed E-state index contributed by atoms with van der Waals surface area (Å²) in [4.78, 5) is 25.4. The number of carbonyl (C=O) groups is 2. The van der Waals surface area contributed by atoms with E-state index in [1.54, 1.807) is 48.5 Å². The minimum absolute atomic E-state index is 0.147. The van der Waals surface area contributed by atoms with Gasteiger partial charge in [0.1, 0.15) is 0 Å². The van der Waals surface area contributed by atoms with Gasteiger partial charge in [0.2, 0.25) is 0 Å². The summed E-state index contributed by atoms with van der Waals surface area (Å²) in [5, 5.41) is 0. The first-order valence-corrected chi connectivity index (χ1v) is 7.95. The third-order valence-electron chi connectivity index (χ3n) is 3.56. The molecule has 0 spiro atoms. The fourth-order valence-corrected chi connectivity index (χ4v) is 2.65. The summed E-state index contributed by atoms with van der Waals surface area (Å²) in [5.41, 5.74) is 1.97. The van der Waals surface area contributed by atoms with E-state index in [1.165, 1.54) is 0 Å². The molecule has 23 heavy (non-hydrogen) atoms. The van der Waals surface area contributed by atoms with Crippen LogP contribution in [0.15, 0.2) is 83.3 Å². The second-order valence-corrected chi connectivity index (χ2v) is 5.99. The average molecular weight is 365 g/mol. The fraction of sp³-hybridized carbons (Fsp3) is 0. The van der Waals surface area contributed by atoms with Gasteiger partial charge in [-0.2, -0.15) is 0 Å². The summed E-state index contributed by atoms with van der Waals surface area (Å²) in [6, 6.07) is 23.0. The van der Waals surface area contributed by atoms with Gasteiger partial charge in [0.25, 0.3) is 0 Å². The van der Waals surface area contributed by atoms with Crippen LogP contribution < -0.4 is 0 Å². The van der Waals surface area contributed by atoms with E-state index in [2.05, 4.69) is 15.9 Å². The van der Waals surface area contributed by atoms with E-state index in [1.807, 2.05) is 30.3 Å². The van der Waals surface area contributed by atoms with Gasteiger partial charge in [-0.15, -0.1) is 0 Å². The largest absolute Gasteiger partial charge is 0.289 e. The van der Waals surface area contributed by atoms with Gasteiger partial charge in [0.15, 0.2) is 11.6 Å². The molecule has 0 saturated heterocycles. The van der Waals surface area contributed by atoms with Crippen LogP contribution in [-0.2, 0) is 0 Å². The number of ketones is 2. The number of benzene rings is 3. The standard InChI is InChI=1S/C20H13BrO2/c21-16-12-10-15(11-13-16)20(23)18-9-5-4-8-17(18)19(22)14-6-2-1-3-7-14/h1-13H. The first kappa shape index (κ1) is 15.4. The number of hydrogen-bond acceptors (Lipinski definition) is 2. The topological polar surface area (TPSA) is 34.1 Å². The highest BCUT2D eigenvalue weighted by molar-refractivity contribution is 9.10. The summed E-state index contributed by atoms with van der Waals surface area (Å²) in [5.74, 6) is -0.302. The predicted octanol–water partition coefficient (Wildman–Crippen LogP) is 4.91. The van der Waals surface area contributed by atoms with Gasteiger partial charge in [0, 0.05) is 26.7 Å². The second-order valence-electron chi connectivity index (χ2n) is 5.08. The lowest BCUT2D eigenvalue weighted by Gasteiger charge is -2.08. The van der Waals surface area contributed by atoms with Crippen molar-refractivity contribution in [2.75, 3.05) is 0 Å². The Morgan fingerprint density at radius 1 is 0.565 bits per heavy atom. The van der Waals surface area contributed by atoms with Crippen molar-refractivity contribution >= 4 is 27.5 Å². The minimum atomic E-state index is -0.155. The summed E-state index contributed by atoms with van der Waals surface area (Å²) in [7, 11) is 0. The van der Waals surface area contributed by atoms with Gasteiger partial charge in [-0.3, -0.25) is 9.59 Å². The van der Waals surface area contributed by atoms with Crippen LogP contribution in [0.4, 0.5) is 0 Å². The molecule has 3 aromatic rings. The van der Waals surface area contributed by atoms with Crippen LogP contribution in [0.5, 0.6) is 0 Å². The van der Waals surface area contributed by atoms with Crippen LogP contribution in [0.25, 0.3) is 0 Å². The molecule has 0 N–H and O–H groups in total. The molecule has 0 aliphatic rings. The fourth-order valence-electron chi connectivity index (χ4n) is 2.38. The molecule has 0 amide bonds. The second kappa shape index (κ2) is 6.71. The lowest BCUT2D eigenvalue weighted by Crippen LogP contribution is -2.11. The molecule has 0 heterocycles. The molecule has 0 aliphatic heterocycles. The maximum atomic E-state index is 12.7. The molecular weight excluding hydrogens is 352 g/mol. The van der Waals surface area contributed by atoms with Crippen molar-refractivity contribution in [3.05, 3.63) is 106 Å². The molecule has 0 atom stereocenters. The first-order chi connectivity index (χ1) is 11.2. The van der Waals surface area contributed by atoms with Crippen LogP contribution in [0.1, 0.15) is 31.8 Å². The molecule has 3 aromatic carbocycles. The van der Waals surface area contributed by atoms with E-state index in [4.69, 9.17) is 0 Å². The van der Waals surface area contributed by atoms with Crippen molar-refractivity contribution < 1.29 is 9.59 Å². The molecule has 0 aliphatic carbocycles. The Labute approximate surface area is 142 Å². The Balaban J connectivity index is 2.03. The summed E-state index contributed by atoms with van der Waals surface area (Å²) in [6.07, 6.45) is 0. The zero-order valence-electron chi connectivity index (χ0n) is 12.2. The van der Waals surface area contributed by atoms with Crippen molar-refractivity contribution in [2.45, 2.75) is 0 Å². The maximum absolute atomic E-state index is 12.7. The van der Waals surface area contributed by atoms with E-state index >= 15 is 0 Å². The van der Waals surface area contributed by atoms with Crippen LogP contribution in [0, 0.1) is 0 Å². The Kier molecular flexibility index (Phi) is 4.49. The number of rotatable bonds is 4. The van der Waals surface area contributed by atoms with Crippen LogP contribution >= 0.6 is 15.9 Å². The summed E-state index contributed by atoms with van der Waals surface area (Å²) >= 11 is 3.35. The molecular formula is C20H13BrO2. The van der Waals surface area contributed by atoms with Crippen molar-refractivity contribution in [3.8, 4) is 0 Å². The van der Waals surface area contributed by atoms with E-state index in [0.29, 0.717) is 22.3 Å². The van der Waals surface area contributed by atoms with Crippen LogP contribution in [-0.4, -0.2) is 11.6 Å². The Bertz CT molecular complexity index is 852. The molecule has 3 heteroatoms. The van der Waals surface area contributed by atoms with Gasteiger partial charge >= 0.3 is 0 Å². The van der Waals surface area contributed by atoms with E-state index in [-0.39, 0.29) is 11.6 Å². The van der Waals surface area contributed by atoms with Gasteiger partial charge in [-0.25, -0.2) is 0 Å². The highest BCUT2D eigenvalue weighted by atomic mass is 79.9. The smallest absolute Gasteiger partial charge is 0.193 e. The SMILES string of the molecule is O=C(c1ccccc1)c1ccccc1C(=O)c1ccc(Br)cc1. The number of halogens is 1. The maximum Gasteiger partial charge on any atom is 0.193 e. The summed E-state index contributed by atoms with van der Waals surface area (Å²) < 4.78 is 0.905. The zero-order chi connectivity index (χ0) is 16.2. The van der Waals surface area contributed by atoms with E-state index < -0.39 is 0 Å². The zero-order valence-corrected chi connectivity index (χ0v) is 13.8. The molecule has 0 fully saturated rings. The van der Waals surface area contributed by atoms with Gasteiger partial charge < -0.3 is 0 Å². The quantitative estimate of drug-likeness (QED) is 0.616. The molecule has 0 bridgehead atoms. The first-order valence-electron chi connectivity index (χ1n) is 7.16. The van der Waals surface area contributed by atoms with Crippen LogP contribution in [0.3, 0.4) is 0 Å². The summed E-state index contributed by atoms with van der Waals surface area (Å²) in [6.45, 7) is 0. The molecule has 0 saturated carbocycles. The molecule has 112 valence electrons. The van der Waals surface area contributed by atoms with Gasteiger partial charge in [0.05, 0.1) is 0 Å². The average Bonchev–Trinajstić information content (AvgIpc) is 2.62. The molecule has 0 radical (unpaired) electrons. The third kappa shape index (κ3) is 3.30. The highest BCUT2D eigenvalue weighted by Crippen LogP contribution is 2.19. The predicted molar refractivity (Wildman–Crippen MR) is 93.9 cm³/mol. The molecule has 0 aromatic heterocycles. The Hall–Kier alpha value is -2.52. The lowest BCUT2D eigenvalue weighted by molar-refractivity contribution is 0.100. The third-order valence-corrected chi connectivity index (χ3v) is 4.09. The monoisotopic (exact) mass is 364 g/mol. The van der Waals surface area contributed by atoms with Crippen LogP contribution in [0.2, 0.25) is 0 Å². The van der Waals surface area contributed by atoms with Crippen molar-refractivity contribution in [3.63, 3.8) is 0 Å². The van der Waals surface area contributed by atoms with Gasteiger partial charge in [-0.1, -0.05) is 70.5 Å². The van der Waals surface area contributed by atoms with E-state index in [9.17, 15) is 9.59 Å². The Morgan fingerprint density at radius 3 is 1.52 bits per heavy atom. The van der Waals surface area contributed by atoms with E-state index in [0.717, 1.165) is 4.47 Å². The molecule has 2 nitrogen and oxygen atoms in total. The molecule has 0 unspecified atom stereocenters. The minimum Gasteiger partial charge on any atom is -0.289 e. The molecule has 3 rings (SSSR count). The lowest BCUT2D eigenvalue weighted by atomic mass is 9.93. The highest BCUT2D eigenvalue weighted by Gasteiger charge is 2.18. The van der Waals surface area contributed by atoms with Crippen molar-refractivity contribution in [1.29, 1.82) is 0 Å². The number of carbonyl (C=O) groups excluding carboxylic acids is 2. The van der Waals surface area contributed by atoms with Gasteiger partial charge in [-0.05, 0) is 24.3 Å². The normalized spacial score (nSPS) is 10.3. The van der Waals surface area contributed by atoms with Crippen molar-refractivity contribution in [1.82, 2.24) is 0 Å². The Morgan fingerprint density at radius 2 is 1.00 bits per heavy atom. The number of hydrogen-bond donors (Lipinski definition) is 0. The van der Waals surface area contributed by atoms with Crippen molar-refractivity contribution in [2.24, 2.45) is 0 Å².